The zero-order valence-electron chi connectivity index (χ0n) is 17.6. The molecule has 0 fully saturated rings. The number of para-hydroxylation sites is 3. The molecule has 32 heavy (non-hydrogen) atoms. The van der Waals surface area contributed by atoms with Crippen LogP contribution in [-0.4, -0.2) is 27.1 Å². The molecule has 8 nitrogen and oxygen atoms in total. The van der Waals surface area contributed by atoms with Gasteiger partial charge in [0.15, 0.2) is 0 Å². The van der Waals surface area contributed by atoms with E-state index in [1.54, 1.807) is 61.5 Å². The lowest BCUT2D eigenvalue weighted by atomic mass is 10.2. The van der Waals surface area contributed by atoms with Gasteiger partial charge in [-0.15, -0.1) is 0 Å². The van der Waals surface area contributed by atoms with Crippen molar-refractivity contribution in [1.82, 2.24) is 5.32 Å². The number of carbonyl (C=O) groups is 2. The van der Waals surface area contributed by atoms with Crippen molar-refractivity contribution in [3.63, 3.8) is 0 Å². The zero-order valence-corrected chi connectivity index (χ0v) is 18.4. The number of nitrogens with zero attached hydrogens (tertiary/aromatic N) is 1. The number of urea groups is 2. The minimum Gasteiger partial charge on any atom is -0.492 e. The van der Waals surface area contributed by atoms with Crippen molar-refractivity contribution in [2.24, 2.45) is 0 Å². The third-order valence-corrected chi connectivity index (χ3v) is 6.12. The lowest BCUT2D eigenvalue weighted by Gasteiger charge is -2.23. The van der Waals surface area contributed by atoms with E-state index < -0.39 is 22.1 Å². The van der Waals surface area contributed by atoms with Crippen LogP contribution < -0.4 is 19.7 Å². The monoisotopic (exact) mass is 453 g/mol. The van der Waals surface area contributed by atoms with Crippen molar-refractivity contribution in [2.45, 2.75) is 18.7 Å². The molecule has 0 bridgehead atoms. The summed E-state index contributed by atoms with van der Waals surface area (Å²) in [5, 5.41) is 4.60. The van der Waals surface area contributed by atoms with Crippen molar-refractivity contribution >= 4 is 33.5 Å². The first kappa shape index (κ1) is 22.8. The standard InChI is InChI=1S/C23H23N3O5S/c1-3-31-21-12-8-7-11-20(21)24-22(27)25-23(28)26(18-9-5-4-6-10-18)32(29,30)19-15-13-17(2)14-16-19/h4-16H,3H2,1-2H3,(H2,24,25,27,28). The van der Waals surface area contributed by atoms with E-state index >= 15 is 0 Å². The van der Waals surface area contributed by atoms with Gasteiger partial charge in [0.1, 0.15) is 5.75 Å². The Balaban J connectivity index is 1.88. The molecule has 2 N–H and O–H groups in total. The van der Waals surface area contributed by atoms with Crippen LogP contribution in [0.1, 0.15) is 12.5 Å². The Morgan fingerprint density at radius 3 is 2.19 bits per heavy atom. The van der Waals surface area contributed by atoms with Crippen molar-refractivity contribution in [3.05, 3.63) is 84.4 Å². The SMILES string of the molecule is CCOc1ccccc1NC(=O)NC(=O)N(c1ccccc1)S(=O)(=O)c1ccc(C)cc1. The molecular formula is C23H23N3O5S. The smallest absolute Gasteiger partial charge is 0.344 e. The number of carbonyl (C=O) groups excluding carboxylic acids is 2. The molecule has 3 aromatic rings. The van der Waals surface area contributed by atoms with Crippen LogP contribution in [0, 0.1) is 6.92 Å². The Labute approximate surface area is 186 Å². The molecule has 0 atom stereocenters. The molecule has 0 spiro atoms. The second-order valence-corrected chi connectivity index (χ2v) is 8.52. The van der Waals surface area contributed by atoms with Gasteiger partial charge in [-0.2, -0.15) is 4.31 Å². The van der Waals surface area contributed by atoms with Gasteiger partial charge in [0, 0.05) is 0 Å². The quantitative estimate of drug-likeness (QED) is 0.571. The van der Waals surface area contributed by atoms with Crippen LogP contribution in [0.15, 0.2) is 83.8 Å². The molecule has 0 saturated carbocycles. The average Bonchev–Trinajstić information content (AvgIpc) is 2.76. The van der Waals surface area contributed by atoms with E-state index in [9.17, 15) is 18.0 Å². The molecule has 0 aliphatic carbocycles. The van der Waals surface area contributed by atoms with Gasteiger partial charge in [-0.25, -0.2) is 18.0 Å². The summed E-state index contributed by atoms with van der Waals surface area (Å²) in [5.41, 5.74) is 1.30. The van der Waals surface area contributed by atoms with Crippen molar-refractivity contribution in [2.75, 3.05) is 16.2 Å². The number of aryl methyl sites for hydroxylation is 1. The van der Waals surface area contributed by atoms with Crippen LogP contribution in [0.4, 0.5) is 21.0 Å². The third-order valence-electron chi connectivity index (χ3n) is 4.39. The molecule has 0 radical (unpaired) electrons. The predicted octanol–water partition coefficient (Wildman–Crippen LogP) is 4.53. The van der Waals surface area contributed by atoms with Gasteiger partial charge in [0.25, 0.3) is 10.0 Å². The van der Waals surface area contributed by atoms with Crippen LogP contribution >= 0.6 is 0 Å². The highest BCUT2D eigenvalue weighted by atomic mass is 32.2. The summed E-state index contributed by atoms with van der Waals surface area (Å²) < 4.78 is 32.6. The first-order chi connectivity index (χ1) is 15.3. The normalized spacial score (nSPS) is 10.8. The zero-order chi connectivity index (χ0) is 23.1. The number of ether oxygens (including phenoxy) is 1. The van der Waals surface area contributed by atoms with Gasteiger partial charge < -0.3 is 10.1 Å². The van der Waals surface area contributed by atoms with Gasteiger partial charge in [-0.3, -0.25) is 5.32 Å². The molecule has 0 aliphatic heterocycles. The first-order valence-corrected chi connectivity index (χ1v) is 11.3. The summed E-state index contributed by atoms with van der Waals surface area (Å²) in [6.07, 6.45) is 0. The van der Waals surface area contributed by atoms with E-state index in [0.29, 0.717) is 22.3 Å². The fourth-order valence-electron chi connectivity index (χ4n) is 2.90. The summed E-state index contributed by atoms with van der Waals surface area (Å²) in [4.78, 5) is 25.4. The summed E-state index contributed by atoms with van der Waals surface area (Å²) >= 11 is 0. The molecule has 0 unspecified atom stereocenters. The lowest BCUT2D eigenvalue weighted by molar-refractivity contribution is 0.238. The van der Waals surface area contributed by atoms with Gasteiger partial charge in [-0.1, -0.05) is 48.0 Å². The summed E-state index contributed by atoms with van der Waals surface area (Å²) in [5.74, 6) is 0.421. The Bertz CT molecular complexity index is 1200. The van der Waals surface area contributed by atoms with Crippen LogP contribution in [0.2, 0.25) is 0 Å². The van der Waals surface area contributed by atoms with E-state index in [1.165, 1.54) is 24.3 Å². The highest BCUT2D eigenvalue weighted by molar-refractivity contribution is 7.93. The number of imide groups is 1. The molecule has 3 aromatic carbocycles. The minimum atomic E-state index is -4.29. The average molecular weight is 454 g/mol. The van der Waals surface area contributed by atoms with E-state index in [-0.39, 0.29) is 10.6 Å². The molecule has 0 aliphatic rings. The topological polar surface area (TPSA) is 105 Å². The van der Waals surface area contributed by atoms with Gasteiger partial charge in [0.2, 0.25) is 0 Å². The van der Waals surface area contributed by atoms with E-state index in [1.807, 2.05) is 6.92 Å². The molecule has 9 heteroatoms. The molecule has 0 heterocycles. The van der Waals surface area contributed by atoms with Crippen molar-refractivity contribution in [1.29, 1.82) is 0 Å². The van der Waals surface area contributed by atoms with Crippen LogP contribution in [0.3, 0.4) is 0 Å². The van der Waals surface area contributed by atoms with Crippen LogP contribution in [-0.2, 0) is 10.0 Å². The minimum absolute atomic E-state index is 0.0794. The number of benzene rings is 3. The Hall–Kier alpha value is -3.85. The van der Waals surface area contributed by atoms with Crippen LogP contribution in [0.25, 0.3) is 0 Å². The van der Waals surface area contributed by atoms with Gasteiger partial charge in [0.05, 0.1) is 22.9 Å². The predicted molar refractivity (Wildman–Crippen MR) is 122 cm³/mol. The lowest BCUT2D eigenvalue weighted by Crippen LogP contribution is -2.47. The van der Waals surface area contributed by atoms with Crippen LogP contribution in [0.5, 0.6) is 5.75 Å². The molecule has 0 saturated heterocycles. The maximum atomic E-state index is 13.3. The molecule has 4 amide bonds. The Kier molecular flexibility index (Phi) is 7.11. The number of anilines is 2. The van der Waals surface area contributed by atoms with E-state index in [4.69, 9.17) is 4.74 Å². The fraction of sp³-hybridized carbons (Fsp3) is 0.130. The van der Waals surface area contributed by atoms with Crippen molar-refractivity contribution < 1.29 is 22.7 Å². The van der Waals surface area contributed by atoms with E-state index in [0.717, 1.165) is 5.56 Å². The summed E-state index contributed by atoms with van der Waals surface area (Å²) in [6.45, 7) is 4.01. The first-order valence-electron chi connectivity index (χ1n) is 9.83. The molecule has 0 aromatic heterocycles. The maximum Gasteiger partial charge on any atom is 0.344 e. The second kappa shape index (κ2) is 9.97. The summed E-state index contributed by atoms with van der Waals surface area (Å²) in [6, 6.07) is 18.6. The fourth-order valence-corrected chi connectivity index (χ4v) is 4.25. The second-order valence-electron chi connectivity index (χ2n) is 6.73. The number of hydrogen-bond donors (Lipinski definition) is 2. The summed E-state index contributed by atoms with van der Waals surface area (Å²) in [7, 11) is -4.29. The van der Waals surface area contributed by atoms with Gasteiger partial charge in [-0.05, 0) is 50.2 Å². The molecule has 166 valence electrons. The van der Waals surface area contributed by atoms with Crippen molar-refractivity contribution in [3.8, 4) is 5.75 Å². The highest BCUT2D eigenvalue weighted by Gasteiger charge is 2.32. The third kappa shape index (κ3) is 5.25. The number of sulfonamides is 1. The number of amides is 4. The Morgan fingerprint density at radius 1 is 0.906 bits per heavy atom. The van der Waals surface area contributed by atoms with E-state index in [2.05, 4.69) is 10.6 Å². The van der Waals surface area contributed by atoms with Gasteiger partial charge >= 0.3 is 12.1 Å². The maximum absolute atomic E-state index is 13.3. The Morgan fingerprint density at radius 2 is 1.53 bits per heavy atom. The molecular weight excluding hydrogens is 430 g/mol. The number of nitrogens with one attached hydrogen (secondary N) is 2. The number of rotatable bonds is 6. The molecule has 3 rings (SSSR count). The number of hydrogen-bond acceptors (Lipinski definition) is 5. The largest absolute Gasteiger partial charge is 0.492 e. The highest BCUT2D eigenvalue weighted by Crippen LogP contribution is 2.25.